The maximum Gasteiger partial charge on any atom is 0.253 e. The smallest absolute Gasteiger partial charge is 0.253 e. The van der Waals surface area contributed by atoms with Crippen molar-refractivity contribution in [3.63, 3.8) is 0 Å². The topological polar surface area (TPSA) is 53.1 Å². The number of halogens is 1. The molecule has 3 heterocycles. The van der Waals surface area contributed by atoms with E-state index in [9.17, 15) is 9.59 Å². The first-order valence-corrected chi connectivity index (χ1v) is 9.78. The van der Waals surface area contributed by atoms with Crippen molar-refractivity contribution in [2.45, 2.75) is 18.5 Å². The lowest BCUT2D eigenvalue weighted by atomic mass is 9.90. The lowest BCUT2D eigenvalue weighted by molar-refractivity contribution is -0.126. The molecule has 2 aromatic carbocycles. The van der Waals surface area contributed by atoms with E-state index in [1.807, 2.05) is 24.3 Å². The van der Waals surface area contributed by atoms with Crippen molar-refractivity contribution in [2.75, 3.05) is 25.1 Å². The fourth-order valence-electron chi connectivity index (χ4n) is 4.78. The zero-order valence-corrected chi connectivity index (χ0v) is 16.2. The third-order valence-electron chi connectivity index (χ3n) is 5.93. The van der Waals surface area contributed by atoms with E-state index >= 15 is 0 Å². The quantitative estimate of drug-likeness (QED) is 0.745. The predicted molar refractivity (Wildman–Crippen MR) is 105 cm³/mol. The molecule has 2 aromatic rings. The van der Waals surface area contributed by atoms with Gasteiger partial charge < -0.3 is 4.74 Å². The van der Waals surface area contributed by atoms with Crippen LogP contribution in [0.5, 0.6) is 5.75 Å². The molecule has 0 bridgehead atoms. The summed E-state index contributed by atoms with van der Waals surface area (Å²) < 4.78 is 5.26. The Balaban J connectivity index is 1.56. The maximum atomic E-state index is 13.4. The van der Waals surface area contributed by atoms with Crippen LogP contribution in [-0.2, 0) is 9.59 Å². The molecule has 2 amide bonds. The summed E-state index contributed by atoms with van der Waals surface area (Å²) in [6.07, 6.45) is 0.981. The first-order valence-electron chi connectivity index (χ1n) is 9.40. The number of imide groups is 1. The number of hydrogen-bond donors (Lipinski definition) is 0. The molecule has 7 heteroatoms. The standard InChI is InChI=1S/C21H20ClN3O3/c1-28-16-8-6-13(7-9-16)18-17-19(24-11-3-10-23(18)24)21(27)25(20(17)26)15-5-2-4-14(22)12-15/h2,4-9,12,17-19H,3,10-11H2,1H3/t17-,18+,19-/m1/s1. The summed E-state index contributed by atoms with van der Waals surface area (Å²) in [4.78, 5) is 28.0. The van der Waals surface area contributed by atoms with Gasteiger partial charge in [-0.2, -0.15) is 0 Å². The van der Waals surface area contributed by atoms with Crippen LogP contribution in [0.15, 0.2) is 48.5 Å². The van der Waals surface area contributed by atoms with E-state index in [2.05, 4.69) is 10.0 Å². The Labute approximate surface area is 168 Å². The van der Waals surface area contributed by atoms with Crippen LogP contribution in [0.25, 0.3) is 0 Å². The van der Waals surface area contributed by atoms with Gasteiger partial charge in [0.05, 0.1) is 24.8 Å². The van der Waals surface area contributed by atoms with Crippen LogP contribution in [0, 0.1) is 5.92 Å². The fourth-order valence-corrected chi connectivity index (χ4v) is 4.97. The van der Waals surface area contributed by atoms with Gasteiger partial charge in [0.1, 0.15) is 11.8 Å². The van der Waals surface area contributed by atoms with E-state index < -0.39 is 12.0 Å². The molecule has 3 saturated heterocycles. The van der Waals surface area contributed by atoms with Gasteiger partial charge in [-0.15, -0.1) is 0 Å². The van der Waals surface area contributed by atoms with Gasteiger partial charge >= 0.3 is 0 Å². The normalized spacial score (nSPS) is 27.4. The second-order valence-corrected chi connectivity index (χ2v) is 7.80. The summed E-state index contributed by atoms with van der Waals surface area (Å²) in [7, 11) is 1.63. The molecule has 3 atom stereocenters. The van der Waals surface area contributed by atoms with E-state index in [-0.39, 0.29) is 17.9 Å². The van der Waals surface area contributed by atoms with Crippen LogP contribution in [0.1, 0.15) is 18.0 Å². The van der Waals surface area contributed by atoms with Gasteiger partial charge in [0.2, 0.25) is 5.91 Å². The predicted octanol–water partition coefficient (Wildman–Crippen LogP) is 2.88. The Morgan fingerprint density at radius 2 is 1.68 bits per heavy atom. The van der Waals surface area contributed by atoms with Crippen LogP contribution in [0.2, 0.25) is 5.02 Å². The molecule has 6 nitrogen and oxygen atoms in total. The number of methoxy groups -OCH3 is 1. The second-order valence-electron chi connectivity index (χ2n) is 7.36. The third-order valence-corrected chi connectivity index (χ3v) is 6.16. The molecule has 0 unspecified atom stereocenters. The van der Waals surface area contributed by atoms with Crippen molar-refractivity contribution in [3.05, 3.63) is 59.1 Å². The number of hydrogen-bond acceptors (Lipinski definition) is 5. The van der Waals surface area contributed by atoms with Gasteiger partial charge in [-0.3, -0.25) is 9.59 Å². The first kappa shape index (κ1) is 17.7. The number of benzene rings is 2. The van der Waals surface area contributed by atoms with Crippen molar-refractivity contribution >= 4 is 29.1 Å². The Hall–Kier alpha value is -2.41. The molecule has 144 valence electrons. The molecule has 0 N–H and O–H groups in total. The molecule has 0 spiro atoms. The maximum absolute atomic E-state index is 13.4. The number of hydrazine groups is 1. The van der Waals surface area contributed by atoms with Crippen molar-refractivity contribution in [3.8, 4) is 5.75 Å². The molecule has 5 rings (SSSR count). The summed E-state index contributed by atoms with van der Waals surface area (Å²) in [5, 5.41) is 4.79. The van der Waals surface area contributed by atoms with E-state index in [1.165, 1.54) is 4.90 Å². The molecule has 0 aromatic heterocycles. The molecular weight excluding hydrogens is 378 g/mol. The number of ether oxygens (including phenoxy) is 1. The number of nitrogens with zero attached hydrogens (tertiary/aromatic N) is 3. The monoisotopic (exact) mass is 397 g/mol. The fraction of sp³-hybridized carbons (Fsp3) is 0.333. The Morgan fingerprint density at radius 1 is 0.964 bits per heavy atom. The number of carbonyl (C=O) groups is 2. The summed E-state index contributed by atoms with van der Waals surface area (Å²) in [5.74, 6) is 0.0128. The average Bonchev–Trinajstić information content (AvgIpc) is 3.34. The van der Waals surface area contributed by atoms with Gasteiger partial charge in [0, 0.05) is 18.1 Å². The highest BCUT2D eigenvalue weighted by molar-refractivity contribution is 6.31. The van der Waals surface area contributed by atoms with Crippen molar-refractivity contribution in [1.82, 2.24) is 10.0 Å². The van der Waals surface area contributed by atoms with Gasteiger partial charge in [0.25, 0.3) is 5.91 Å². The Bertz CT molecular complexity index is 948. The minimum atomic E-state index is -0.457. The van der Waals surface area contributed by atoms with Crippen LogP contribution in [0.4, 0.5) is 5.69 Å². The van der Waals surface area contributed by atoms with Crippen molar-refractivity contribution in [1.29, 1.82) is 0 Å². The largest absolute Gasteiger partial charge is 0.497 e. The Kier molecular flexibility index (Phi) is 4.16. The van der Waals surface area contributed by atoms with Gasteiger partial charge in [0.15, 0.2) is 0 Å². The van der Waals surface area contributed by atoms with Gasteiger partial charge in [-0.1, -0.05) is 29.8 Å². The molecule has 28 heavy (non-hydrogen) atoms. The summed E-state index contributed by atoms with van der Waals surface area (Å²) in [6, 6.07) is 14.1. The van der Waals surface area contributed by atoms with Crippen LogP contribution in [0.3, 0.4) is 0 Å². The number of fused-ring (bicyclic) bond motifs is 3. The van der Waals surface area contributed by atoms with E-state index in [0.717, 1.165) is 30.8 Å². The lowest BCUT2D eigenvalue weighted by Crippen LogP contribution is -2.44. The molecular formula is C21H20ClN3O3. The SMILES string of the molecule is COc1ccc([C@H]2[C@H]3C(=O)N(c4cccc(Cl)c4)C(=O)[C@@H]3N3CCCN23)cc1. The first-order chi connectivity index (χ1) is 13.6. The minimum Gasteiger partial charge on any atom is -0.497 e. The highest BCUT2D eigenvalue weighted by Gasteiger charge is 2.62. The van der Waals surface area contributed by atoms with Crippen LogP contribution >= 0.6 is 11.6 Å². The molecule has 3 aliphatic rings. The number of amides is 2. The van der Waals surface area contributed by atoms with Crippen LogP contribution in [-0.4, -0.2) is 48.1 Å². The lowest BCUT2D eigenvalue weighted by Gasteiger charge is -2.29. The average molecular weight is 398 g/mol. The summed E-state index contributed by atoms with van der Waals surface area (Å²) in [5.41, 5.74) is 1.56. The molecule has 0 radical (unpaired) electrons. The van der Waals surface area contributed by atoms with Crippen molar-refractivity contribution in [2.24, 2.45) is 5.92 Å². The van der Waals surface area contributed by atoms with Crippen LogP contribution < -0.4 is 9.64 Å². The highest BCUT2D eigenvalue weighted by Crippen LogP contribution is 2.49. The zero-order chi connectivity index (χ0) is 19.4. The van der Waals surface area contributed by atoms with Crippen molar-refractivity contribution < 1.29 is 14.3 Å². The molecule has 0 saturated carbocycles. The van der Waals surface area contributed by atoms with E-state index in [4.69, 9.17) is 16.3 Å². The highest BCUT2D eigenvalue weighted by atomic mass is 35.5. The van der Waals surface area contributed by atoms with Gasteiger partial charge in [-0.05, 0) is 42.3 Å². The molecule has 3 aliphatic heterocycles. The summed E-state index contributed by atoms with van der Waals surface area (Å²) >= 11 is 6.10. The number of rotatable bonds is 3. The third kappa shape index (κ3) is 2.49. The summed E-state index contributed by atoms with van der Waals surface area (Å²) in [6.45, 7) is 1.64. The Morgan fingerprint density at radius 3 is 2.36 bits per heavy atom. The van der Waals surface area contributed by atoms with E-state index in [1.54, 1.807) is 31.4 Å². The van der Waals surface area contributed by atoms with Gasteiger partial charge in [-0.25, -0.2) is 14.9 Å². The number of carbonyl (C=O) groups excluding carboxylic acids is 2. The zero-order valence-electron chi connectivity index (χ0n) is 15.4. The number of anilines is 1. The van der Waals surface area contributed by atoms with E-state index in [0.29, 0.717) is 10.7 Å². The molecule has 0 aliphatic carbocycles. The molecule has 3 fully saturated rings. The second kappa shape index (κ2) is 6.58. The minimum absolute atomic E-state index is 0.154.